The maximum Gasteiger partial charge on any atom is 0.295 e. The van der Waals surface area contributed by atoms with Gasteiger partial charge >= 0.3 is 0 Å². The van der Waals surface area contributed by atoms with Gasteiger partial charge in [-0.05, 0) is 55.9 Å². The van der Waals surface area contributed by atoms with Crippen LogP contribution in [0.4, 0.5) is 0 Å². The molecule has 1 N–H and O–H groups in total. The highest BCUT2D eigenvalue weighted by Crippen LogP contribution is 2.40. The highest BCUT2D eigenvalue weighted by molar-refractivity contribution is 6.46. The largest absolute Gasteiger partial charge is 0.507 e. The van der Waals surface area contributed by atoms with Crippen LogP contribution in [0.1, 0.15) is 43.7 Å². The summed E-state index contributed by atoms with van der Waals surface area (Å²) in [5.74, 6) is -0.256. The minimum absolute atomic E-state index is 0.0615. The molecule has 1 aromatic heterocycles. The summed E-state index contributed by atoms with van der Waals surface area (Å²) >= 11 is 0. The van der Waals surface area contributed by atoms with E-state index in [0.29, 0.717) is 24.4 Å². The molecule has 0 saturated carbocycles. The van der Waals surface area contributed by atoms with Gasteiger partial charge in [-0.3, -0.25) is 9.59 Å². The molecule has 164 valence electrons. The van der Waals surface area contributed by atoms with Gasteiger partial charge in [0, 0.05) is 25.1 Å². The number of amides is 1. The number of hydrogen-bond donors (Lipinski definition) is 1. The van der Waals surface area contributed by atoms with E-state index in [0.717, 1.165) is 30.8 Å². The normalized spacial score (nSPS) is 22.3. The standard InChI is InChI=1S/C24H28N2O5/c1-4-25(5-2)10-11-26-21(19-7-6-12-30-19)20(23(28)24(26)29)22(27)16-8-9-18-17(14-16)13-15(3)31-18/h6-9,12,14-15,21,27H,4-5,10-11,13H2,1-3H3/t15-,21-/m1/s1. The number of likely N-dealkylation sites (tertiary alicyclic amines) is 1. The number of Topliss-reactive ketones (excluding diaryl/α,β-unsaturated/α-hetero) is 1. The molecule has 0 unspecified atom stereocenters. The SMILES string of the molecule is CCN(CC)CCN1C(=O)C(=O)C(=C(O)c2ccc3c(c2)C[C@@H](C)O3)[C@H]1c1ccco1. The van der Waals surface area contributed by atoms with Gasteiger partial charge in [0.25, 0.3) is 11.7 Å². The molecule has 31 heavy (non-hydrogen) atoms. The lowest BCUT2D eigenvalue weighted by Crippen LogP contribution is -2.37. The maximum atomic E-state index is 13.0. The molecule has 2 aliphatic heterocycles. The van der Waals surface area contributed by atoms with Gasteiger partial charge in [-0.25, -0.2) is 0 Å². The van der Waals surface area contributed by atoms with Crippen molar-refractivity contribution >= 4 is 17.4 Å². The maximum absolute atomic E-state index is 13.0. The van der Waals surface area contributed by atoms with Crippen molar-refractivity contribution in [2.45, 2.75) is 39.3 Å². The van der Waals surface area contributed by atoms with E-state index in [1.165, 1.54) is 11.2 Å². The third-order valence-corrected chi connectivity index (χ3v) is 6.07. The molecular formula is C24H28N2O5. The van der Waals surface area contributed by atoms with Crippen LogP contribution in [0.3, 0.4) is 0 Å². The fourth-order valence-electron chi connectivity index (χ4n) is 4.37. The van der Waals surface area contributed by atoms with Crippen molar-refractivity contribution in [3.8, 4) is 5.75 Å². The fraction of sp³-hybridized carbons (Fsp3) is 0.417. The van der Waals surface area contributed by atoms with E-state index in [1.807, 2.05) is 13.0 Å². The van der Waals surface area contributed by atoms with Crippen LogP contribution >= 0.6 is 0 Å². The van der Waals surface area contributed by atoms with E-state index in [2.05, 4.69) is 18.7 Å². The van der Waals surface area contributed by atoms with Crippen molar-refractivity contribution in [3.63, 3.8) is 0 Å². The first kappa shape index (κ1) is 21.2. The molecule has 0 spiro atoms. The third kappa shape index (κ3) is 3.85. The number of aliphatic hydroxyl groups excluding tert-OH is 1. The predicted octanol–water partition coefficient (Wildman–Crippen LogP) is 3.37. The van der Waals surface area contributed by atoms with Crippen LogP contribution in [0.2, 0.25) is 0 Å². The lowest BCUT2D eigenvalue weighted by molar-refractivity contribution is -0.140. The van der Waals surface area contributed by atoms with Crippen molar-refractivity contribution in [3.05, 3.63) is 59.1 Å². The van der Waals surface area contributed by atoms with E-state index >= 15 is 0 Å². The molecule has 7 heteroatoms. The number of nitrogens with zero attached hydrogens (tertiary/aromatic N) is 2. The molecule has 4 rings (SSSR count). The van der Waals surface area contributed by atoms with E-state index < -0.39 is 17.7 Å². The number of carbonyl (C=O) groups excluding carboxylic acids is 2. The van der Waals surface area contributed by atoms with Crippen LogP contribution in [0.5, 0.6) is 5.75 Å². The second-order valence-corrected chi connectivity index (χ2v) is 7.99. The number of benzene rings is 1. The van der Waals surface area contributed by atoms with Gasteiger partial charge in [0.15, 0.2) is 0 Å². The lowest BCUT2D eigenvalue weighted by atomic mass is 9.97. The molecule has 2 aliphatic rings. The summed E-state index contributed by atoms with van der Waals surface area (Å²) in [7, 11) is 0. The molecule has 1 amide bonds. The number of ketones is 1. The van der Waals surface area contributed by atoms with Crippen molar-refractivity contribution in [2.75, 3.05) is 26.2 Å². The molecule has 0 radical (unpaired) electrons. The first-order valence-corrected chi connectivity index (χ1v) is 10.8. The van der Waals surface area contributed by atoms with E-state index in [-0.39, 0.29) is 17.4 Å². The van der Waals surface area contributed by atoms with Gasteiger partial charge in [0.2, 0.25) is 0 Å². The lowest BCUT2D eigenvalue weighted by Gasteiger charge is -2.26. The smallest absolute Gasteiger partial charge is 0.295 e. The zero-order valence-corrected chi connectivity index (χ0v) is 18.1. The summed E-state index contributed by atoms with van der Waals surface area (Å²) in [5.41, 5.74) is 1.53. The average molecular weight is 424 g/mol. The Morgan fingerprint density at radius 3 is 2.68 bits per heavy atom. The zero-order chi connectivity index (χ0) is 22.1. The number of aliphatic hydroxyl groups is 1. The van der Waals surface area contributed by atoms with Crippen molar-refractivity contribution < 1.29 is 23.8 Å². The number of ether oxygens (including phenoxy) is 1. The molecule has 0 bridgehead atoms. The van der Waals surface area contributed by atoms with Crippen LogP contribution in [-0.4, -0.2) is 58.9 Å². The van der Waals surface area contributed by atoms with Gasteiger partial charge in [-0.1, -0.05) is 13.8 Å². The number of fused-ring (bicyclic) bond motifs is 1. The van der Waals surface area contributed by atoms with Crippen LogP contribution in [-0.2, 0) is 16.0 Å². The van der Waals surface area contributed by atoms with Crippen molar-refractivity contribution in [1.82, 2.24) is 9.80 Å². The Morgan fingerprint density at radius 2 is 2.00 bits per heavy atom. The molecule has 7 nitrogen and oxygen atoms in total. The monoisotopic (exact) mass is 424 g/mol. The zero-order valence-electron chi connectivity index (χ0n) is 18.1. The van der Waals surface area contributed by atoms with Gasteiger partial charge in [0.1, 0.15) is 29.4 Å². The fourth-order valence-corrected chi connectivity index (χ4v) is 4.37. The molecule has 3 heterocycles. The third-order valence-electron chi connectivity index (χ3n) is 6.07. The first-order valence-electron chi connectivity index (χ1n) is 10.8. The van der Waals surface area contributed by atoms with E-state index in [1.54, 1.807) is 24.3 Å². The van der Waals surface area contributed by atoms with Crippen LogP contribution in [0, 0.1) is 0 Å². The quantitative estimate of drug-likeness (QED) is 0.417. The Morgan fingerprint density at radius 1 is 1.23 bits per heavy atom. The minimum Gasteiger partial charge on any atom is -0.507 e. The Labute approximate surface area is 181 Å². The van der Waals surface area contributed by atoms with Gasteiger partial charge in [-0.2, -0.15) is 0 Å². The molecule has 0 aliphatic carbocycles. The number of carbonyl (C=O) groups is 2. The Kier molecular flexibility index (Phi) is 5.87. The van der Waals surface area contributed by atoms with E-state index in [9.17, 15) is 14.7 Å². The second-order valence-electron chi connectivity index (χ2n) is 7.99. The second kappa shape index (κ2) is 8.59. The highest BCUT2D eigenvalue weighted by atomic mass is 16.5. The summed E-state index contributed by atoms with van der Waals surface area (Å²) in [6, 6.07) is 8.03. The molecular weight excluding hydrogens is 396 g/mol. The van der Waals surface area contributed by atoms with Crippen LogP contribution in [0.15, 0.2) is 46.6 Å². The summed E-state index contributed by atoms with van der Waals surface area (Å²) in [5, 5.41) is 11.1. The van der Waals surface area contributed by atoms with Gasteiger partial charge in [-0.15, -0.1) is 0 Å². The average Bonchev–Trinajstić information content (AvgIpc) is 3.47. The van der Waals surface area contributed by atoms with Crippen molar-refractivity contribution in [2.24, 2.45) is 0 Å². The van der Waals surface area contributed by atoms with E-state index in [4.69, 9.17) is 9.15 Å². The minimum atomic E-state index is -0.756. The van der Waals surface area contributed by atoms with Crippen LogP contribution in [0.25, 0.3) is 5.76 Å². The summed E-state index contributed by atoms with van der Waals surface area (Å²) in [6.07, 6.45) is 2.31. The summed E-state index contributed by atoms with van der Waals surface area (Å²) in [6.45, 7) is 8.79. The molecule has 2 atom stereocenters. The molecule has 1 fully saturated rings. The number of furan rings is 1. The first-order chi connectivity index (χ1) is 14.9. The van der Waals surface area contributed by atoms with Crippen LogP contribution < -0.4 is 4.74 Å². The highest BCUT2D eigenvalue weighted by Gasteiger charge is 2.47. The topological polar surface area (TPSA) is 83.2 Å². The Hall–Kier alpha value is -3.06. The summed E-state index contributed by atoms with van der Waals surface area (Å²) in [4.78, 5) is 29.6. The molecule has 1 saturated heterocycles. The van der Waals surface area contributed by atoms with Gasteiger partial charge < -0.3 is 24.1 Å². The van der Waals surface area contributed by atoms with Gasteiger partial charge in [0.05, 0.1) is 11.8 Å². The number of likely N-dealkylation sites (N-methyl/N-ethyl adjacent to an activating group) is 1. The predicted molar refractivity (Wildman–Crippen MR) is 116 cm³/mol. The summed E-state index contributed by atoms with van der Waals surface area (Å²) < 4.78 is 11.3. The number of hydrogen-bond acceptors (Lipinski definition) is 6. The Bertz CT molecular complexity index is 1010. The van der Waals surface area contributed by atoms with Crippen molar-refractivity contribution in [1.29, 1.82) is 0 Å². The number of rotatable bonds is 7. The molecule has 2 aromatic rings. The molecule has 1 aromatic carbocycles. The Balaban J connectivity index is 1.74.